The highest BCUT2D eigenvalue weighted by atomic mass is 16.5. The van der Waals surface area contributed by atoms with Crippen LogP contribution >= 0.6 is 0 Å². The van der Waals surface area contributed by atoms with E-state index in [0.29, 0.717) is 24.7 Å². The maximum Gasteiger partial charge on any atom is 0.232 e. The van der Waals surface area contributed by atoms with Crippen molar-refractivity contribution in [2.75, 3.05) is 11.4 Å². The van der Waals surface area contributed by atoms with E-state index >= 15 is 0 Å². The normalized spacial score (nSPS) is 18.5. The van der Waals surface area contributed by atoms with Crippen LogP contribution in [0.1, 0.15) is 54.9 Å². The summed E-state index contributed by atoms with van der Waals surface area (Å²) in [7, 11) is 0. The maximum atomic E-state index is 12.3. The van der Waals surface area contributed by atoms with Crippen LogP contribution in [0.2, 0.25) is 0 Å². The van der Waals surface area contributed by atoms with Gasteiger partial charge in [-0.15, -0.1) is 0 Å². The predicted octanol–water partition coefficient (Wildman–Crippen LogP) is 3.33. The van der Waals surface area contributed by atoms with Gasteiger partial charge in [0.1, 0.15) is 0 Å². The second-order valence-electron chi connectivity index (χ2n) is 6.32. The van der Waals surface area contributed by atoms with Crippen LogP contribution in [-0.2, 0) is 4.79 Å². The number of carbonyl (C=O) groups is 1. The molecule has 1 aliphatic rings. The van der Waals surface area contributed by atoms with Gasteiger partial charge < -0.3 is 9.42 Å². The van der Waals surface area contributed by atoms with Gasteiger partial charge in [-0.05, 0) is 37.1 Å². The minimum absolute atomic E-state index is 0.0193. The molecule has 1 amide bonds. The van der Waals surface area contributed by atoms with Crippen LogP contribution < -0.4 is 4.90 Å². The Kier molecular flexibility index (Phi) is 3.72. The molecule has 0 spiro atoms. The first-order valence-electron chi connectivity index (χ1n) is 7.67. The third-order valence-electron chi connectivity index (χ3n) is 4.25. The Morgan fingerprint density at radius 3 is 2.68 bits per heavy atom. The van der Waals surface area contributed by atoms with Crippen molar-refractivity contribution in [3.05, 3.63) is 41.0 Å². The van der Waals surface area contributed by atoms with Gasteiger partial charge in [-0.3, -0.25) is 4.79 Å². The Morgan fingerprint density at radius 2 is 2.05 bits per heavy atom. The fourth-order valence-electron chi connectivity index (χ4n) is 2.66. The van der Waals surface area contributed by atoms with Crippen LogP contribution in [-0.4, -0.2) is 22.6 Å². The van der Waals surface area contributed by atoms with Gasteiger partial charge in [-0.1, -0.05) is 25.1 Å². The number of hydrogen-bond donors (Lipinski definition) is 0. The molecular weight excluding hydrogens is 278 g/mol. The topological polar surface area (TPSA) is 59.2 Å². The average Bonchev–Trinajstić information content (AvgIpc) is 3.08. The largest absolute Gasteiger partial charge is 0.339 e. The number of benzene rings is 1. The Labute approximate surface area is 130 Å². The summed E-state index contributed by atoms with van der Waals surface area (Å²) in [6.07, 6.45) is 0.423. The average molecular weight is 299 g/mol. The number of rotatable bonds is 3. The molecule has 2 heterocycles. The van der Waals surface area contributed by atoms with E-state index in [1.165, 1.54) is 11.1 Å². The van der Waals surface area contributed by atoms with Crippen molar-refractivity contribution in [3.63, 3.8) is 0 Å². The number of nitrogens with zero attached hydrogens (tertiary/aromatic N) is 3. The lowest BCUT2D eigenvalue weighted by molar-refractivity contribution is -0.117. The fraction of sp³-hybridized carbons (Fsp3) is 0.471. The number of hydrogen-bond acceptors (Lipinski definition) is 4. The summed E-state index contributed by atoms with van der Waals surface area (Å²) >= 11 is 0. The van der Waals surface area contributed by atoms with Crippen LogP contribution in [0.5, 0.6) is 0 Å². The summed E-state index contributed by atoms with van der Waals surface area (Å²) in [5, 5.41) is 3.99. The number of carbonyl (C=O) groups excluding carboxylic acids is 1. The molecule has 1 saturated heterocycles. The number of anilines is 1. The molecule has 116 valence electrons. The zero-order valence-electron chi connectivity index (χ0n) is 13.5. The molecule has 1 aromatic heterocycles. The summed E-state index contributed by atoms with van der Waals surface area (Å²) in [4.78, 5) is 18.6. The van der Waals surface area contributed by atoms with Crippen LogP contribution in [0.25, 0.3) is 0 Å². The first kappa shape index (κ1) is 14.8. The molecule has 1 atom stereocenters. The third kappa shape index (κ3) is 2.63. The molecule has 1 fully saturated rings. The van der Waals surface area contributed by atoms with Crippen LogP contribution in [0, 0.1) is 13.8 Å². The highest BCUT2D eigenvalue weighted by Crippen LogP contribution is 2.32. The Bertz CT molecular complexity index is 706. The van der Waals surface area contributed by atoms with Crippen LogP contribution in [0.4, 0.5) is 5.69 Å². The predicted molar refractivity (Wildman–Crippen MR) is 84.0 cm³/mol. The third-order valence-corrected chi connectivity index (χ3v) is 4.25. The molecule has 3 rings (SSSR count). The van der Waals surface area contributed by atoms with Gasteiger partial charge in [-0.2, -0.15) is 4.98 Å². The van der Waals surface area contributed by atoms with Crippen molar-refractivity contribution < 1.29 is 9.32 Å². The van der Waals surface area contributed by atoms with E-state index in [0.717, 1.165) is 5.69 Å². The molecule has 0 saturated carbocycles. The smallest absolute Gasteiger partial charge is 0.232 e. The first-order valence-corrected chi connectivity index (χ1v) is 7.67. The van der Waals surface area contributed by atoms with Gasteiger partial charge in [0.15, 0.2) is 5.82 Å². The molecule has 5 nitrogen and oxygen atoms in total. The lowest BCUT2D eigenvalue weighted by atomic mass is 10.1. The monoisotopic (exact) mass is 299 g/mol. The van der Waals surface area contributed by atoms with Crippen molar-refractivity contribution in [3.8, 4) is 0 Å². The summed E-state index contributed by atoms with van der Waals surface area (Å²) in [5.41, 5.74) is 3.36. The Morgan fingerprint density at radius 1 is 1.27 bits per heavy atom. The summed E-state index contributed by atoms with van der Waals surface area (Å²) in [5.74, 6) is 1.59. The zero-order valence-corrected chi connectivity index (χ0v) is 13.5. The SMILES string of the molecule is Cc1ccc(N2C[C@@H](c3nc(C(C)C)no3)CC2=O)cc1C. The molecule has 0 radical (unpaired) electrons. The van der Waals surface area contributed by atoms with Gasteiger partial charge in [0, 0.05) is 24.6 Å². The molecule has 0 aliphatic carbocycles. The molecular formula is C17H21N3O2. The second-order valence-corrected chi connectivity index (χ2v) is 6.32. The van der Waals surface area contributed by atoms with E-state index in [9.17, 15) is 4.79 Å². The Hall–Kier alpha value is -2.17. The van der Waals surface area contributed by atoms with Gasteiger partial charge in [0.25, 0.3) is 0 Å². The van der Waals surface area contributed by atoms with Gasteiger partial charge in [0.05, 0.1) is 5.92 Å². The van der Waals surface area contributed by atoms with Gasteiger partial charge >= 0.3 is 0 Å². The highest BCUT2D eigenvalue weighted by Gasteiger charge is 2.35. The summed E-state index contributed by atoms with van der Waals surface area (Å²) < 4.78 is 5.35. The van der Waals surface area contributed by atoms with E-state index < -0.39 is 0 Å². The van der Waals surface area contributed by atoms with E-state index in [1.54, 1.807) is 0 Å². The van der Waals surface area contributed by atoms with Crippen molar-refractivity contribution >= 4 is 11.6 Å². The Balaban J connectivity index is 1.81. The molecule has 1 aromatic carbocycles. The summed E-state index contributed by atoms with van der Waals surface area (Å²) in [6.45, 7) is 8.77. The van der Waals surface area contributed by atoms with Gasteiger partial charge in [-0.25, -0.2) is 0 Å². The maximum absolute atomic E-state index is 12.3. The molecule has 0 N–H and O–H groups in total. The number of aromatic nitrogens is 2. The number of amides is 1. The van der Waals surface area contributed by atoms with Crippen molar-refractivity contribution in [2.45, 2.75) is 46.0 Å². The lowest BCUT2D eigenvalue weighted by Gasteiger charge is -2.17. The molecule has 0 unspecified atom stereocenters. The van der Waals surface area contributed by atoms with Gasteiger partial charge in [0.2, 0.25) is 11.8 Å². The fourth-order valence-corrected chi connectivity index (χ4v) is 2.66. The quantitative estimate of drug-likeness (QED) is 0.872. The lowest BCUT2D eigenvalue weighted by Crippen LogP contribution is -2.24. The minimum Gasteiger partial charge on any atom is -0.339 e. The minimum atomic E-state index is -0.0193. The van der Waals surface area contributed by atoms with E-state index in [4.69, 9.17) is 4.52 Å². The molecule has 22 heavy (non-hydrogen) atoms. The van der Waals surface area contributed by atoms with Crippen molar-refractivity contribution in [2.24, 2.45) is 0 Å². The number of aryl methyl sites for hydroxylation is 2. The highest BCUT2D eigenvalue weighted by molar-refractivity contribution is 5.96. The summed E-state index contributed by atoms with van der Waals surface area (Å²) in [6, 6.07) is 6.10. The molecule has 0 bridgehead atoms. The molecule has 1 aliphatic heterocycles. The zero-order chi connectivity index (χ0) is 15.9. The van der Waals surface area contributed by atoms with E-state index in [-0.39, 0.29) is 17.7 Å². The van der Waals surface area contributed by atoms with Crippen LogP contribution in [0.3, 0.4) is 0 Å². The van der Waals surface area contributed by atoms with E-state index in [1.807, 2.05) is 24.8 Å². The van der Waals surface area contributed by atoms with Crippen LogP contribution in [0.15, 0.2) is 22.7 Å². The van der Waals surface area contributed by atoms with Crippen molar-refractivity contribution in [1.29, 1.82) is 0 Å². The molecule has 2 aromatic rings. The van der Waals surface area contributed by atoms with E-state index in [2.05, 4.69) is 36.1 Å². The van der Waals surface area contributed by atoms with Crippen molar-refractivity contribution in [1.82, 2.24) is 10.1 Å². The standard InChI is InChI=1S/C17H21N3O2/c1-10(2)16-18-17(22-19-16)13-8-15(21)20(9-13)14-6-5-11(3)12(4)7-14/h5-7,10,13H,8-9H2,1-4H3/t13-/m0/s1. The first-order chi connectivity index (χ1) is 10.5. The second kappa shape index (κ2) is 5.55. The molecule has 5 heteroatoms.